The largest absolute Gasteiger partial charge is 0.458 e. The molecule has 0 aromatic heterocycles. The number of carbonyl (C=O) groups is 2. The average molecular weight is 317 g/mol. The van der Waals surface area contributed by atoms with Gasteiger partial charge in [0.2, 0.25) is 0 Å². The normalized spacial score (nSPS) is 19.7. The summed E-state index contributed by atoms with van der Waals surface area (Å²) in [6.45, 7) is 7.07. The first-order chi connectivity index (χ1) is 10.9. The lowest BCUT2D eigenvalue weighted by molar-refractivity contribution is -0.159. The maximum absolute atomic E-state index is 12.5. The number of benzene rings is 1. The van der Waals surface area contributed by atoms with Gasteiger partial charge in [-0.05, 0) is 52.3 Å². The summed E-state index contributed by atoms with van der Waals surface area (Å²) in [4.78, 5) is 24.9. The molecule has 1 aliphatic heterocycles. The van der Waals surface area contributed by atoms with E-state index >= 15 is 0 Å². The monoisotopic (exact) mass is 317 g/mol. The SMILES string of the molecule is CC(C)(C)OC(=O)C([N]C(=O)c1ccccc1)C1CCCNC1. The second-order valence-electron chi connectivity index (χ2n) is 6.89. The Balaban J connectivity index is 2.12. The molecule has 5 heteroatoms. The average Bonchev–Trinajstić information content (AvgIpc) is 2.52. The van der Waals surface area contributed by atoms with Crippen molar-refractivity contribution in [2.75, 3.05) is 13.1 Å². The van der Waals surface area contributed by atoms with Crippen molar-refractivity contribution < 1.29 is 14.3 Å². The number of esters is 1. The summed E-state index contributed by atoms with van der Waals surface area (Å²) < 4.78 is 5.48. The smallest absolute Gasteiger partial charge is 0.331 e. The molecular formula is C18H25N2O3. The van der Waals surface area contributed by atoms with E-state index in [2.05, 4.69) is 10.6 Å². The molecule has 1 N–H and O–H groups in total. The highest BCUT2D eigenvalue weighted by molar-refractivity contribution is 5.96. The Morgan fingerprint density at radius 1 is 1.26 bits per heavy atom. The predicted molar refractivity (Wildman–Crippen MR) is 88.1 cm³/mol. The summed E-state index contributed by atoms with van der Waals surface area (Å²) in [6.07, 6.45) is 1.83. The number of rotatable bonds is 4. The Morgan fingerprint density at radius 3 is 2.52 bits per heavy atom. The molecule has 0 saturated carbocycles. The third kappa shape index (κ3) is 5.36. The molecular weight excluding hydrogens is 292 g/mol. The van der Waals surface area contributed by atoms with Gasteiger partial charge in [0, 0.05) is 18.0 Å². The fourth-order valence-corrected chi connectivity index (χ4v) is 2.64. The van der Waals surface area contributed by atoms with Gasteiger partial charge in [-0.1, -0.05) is 18.2 Å². The molecule has 1 fully saturated rings. The van der Waals surface area contributed by atoms with Crippen LogP contribution in [0.25, 0.3) is 0 Å². The van der Waals surface area contributed by atoms with Crippen LogP contribution in [0.15, 0.2) is 30.3 Å². The van der Waals surface area contributed by atoms with Crippen LogP contribution in [-0.2, 0) is 9.53 Å². The number of hydrogen-bond acceptors (Lipinski definition) is 4. The Kier molecular flexibility index (Phi) is 5.77. The highest BCUT2D eigenvalue weighted by Gasteiger charge is 2.35. The topological polar surface area (TPSA) is 69.5 Å². The van der Waals surface area contributed by atoms with E-state index in [4.69, 9.17) is 4.74 Å². The fourth-order valence-electron chi connectivity index (χ4n) is 2.64. The number of hydrogen-bond donors (Lipinski definition) is 1. The van der Waals surface area contributed by atoms with Crippen molar-refractivity contribution >= 4 is 11.9 Å². The summed E-state index contributed by atoms with van der Waals surface area (Å²) in [6, 6.07) is 8.07. The van der Waals surface area contributed by atoms with Gasteiger partial charge in [0.05, 0.1) is 0 Å². The number of ether oxygens (including phenoxy) is 1. The second kappa shape index (κ2) is 7.59. The van der Waals surface area contributed by atoms with Crippen molar-refractivity contribution in [3.63, 3.8) is 0 Å². The van der Waals surface area contributed by atoms with E-state index in [1.807, 2.05) is 26.8 Å². The lowest BCUT2D eigenvalue weighted by Crippen LogP contribution is -2.49. The third-order valence-electron chi connectivity index (χ3n) is 3.71. The minimum Gasteiger partial charge on any atom is -0.458 e. The molecule has 1 amide bonds. The molecule has 0 aliphatic carbocycles. The van der Waals surface area contributed by atoms with E-state index in [0.29, 0.717) is 12.1 Å². The lowest BCUT2D eigenvalue weighted by Gasteiger charge is -2.31. The molecule has 23 heavy (non-hydrogen) atoms. The zero-order valence-electron chi connectivity index (χ0n) is 14.0. The van der Waals surface area contributed by atoms with E-state index in [1.54, 1.807) is 24.3 Å². The summed E-state index contributed by atoms with van der Waals surface area (Å²) >= 11 is 0. The molecule has 1 radical (unpaired) electrons. The summed E-state index contributed by atoms with van der Waals surface area (Å²) in [5.74, 6) is -0.797. The van der Waals surface area contributed by atoms with Crippen molar-refractivity contribution in [3.8, 4) is 0 Å². The van der Waals surface area contributed by atoms with Crippen LogP contribution in [0.2, 0.25) is 0 Å². The Hall–Kier alpha value is -1.88. The van der Waals surface area contributed by atoms with Gasteiger partial charge in [0.15, 0.2) is 6.04 Å². The molecule has 2 unspecified atom stereocenters. The third-order valence-corrected chi connectivity index (χ3v) is 3.71. The molecule has 1 saturated heterocycles. The van der Waals surface area contributed by atoms with Crippen LogP contribution in [0.5, 0.6) is 0 Å². The quantitative estimate of drug-likeness (QED) is 0.864. The Labute approximate surface area is 137 Å². The van der Waals surface area contributed by atoms with Crippen LogP contribution in [0.4, 0.5) is 0 Å². The summed E-state index contributed by atoms with van der Waals surface area (Å²) in [5, 5.41) is 7.47. The Morgan fingerprint density at radius 2 is 1.96 bits per heavy atom. The maximum Gasteiger partial charge on any atom is 0.331 e. The predicted octanol–water partition coefficient (Wildman–Crippen LogP) is 2.14. The van der Waals surface area contributed by atoms with Gasteiger partial charge in [-0.2, -0.15) is 0 Å². The number of piperidine rings is 1. The van der Waals surface area contributed by atoms with E-state index in [1.165, 1.54) is 0 Å². The van der Waals surface area contributed by atoms with Crippen LogP contribution in [0.3, 0.4) is 0 Å². The zero-order chi connectivity index (χ0) is 16.9. The minimum atomic E-state index is -0.755. The van der Waals surface area contributed by atoms with Crippen molar-refractivity contribution in [2.24, 2.45) is 5.92 Å². The van der Waals surface area contributed by atoms with Gasteiger partial charge in [0.1, 0.15) is 5.60 Å². The molecule has 1 aromatic rings. The number of amides is 1. The minimum absolute atomic E-state index is 0.00809. The summed E-state index contributed by atoms with van der Waals surface area (Å²) in [7, 11) is 0. The van der Waals surface area contributed by atoms with Crippen molar-refractivity contribution in [1.29, 1.82) is 0 Å². The second-order valence-corrected chi connectivity index (χ2v) is 6.89. The first-order valence-electron chi connectivity index (χ1n) is 8.10. The van der Waals surface area contributed by atoms with Crippen LogP contribution in [0.1, 0.15) is 44.0 Å². The standard InChI is InChI=1S/C18H25N2O3/c1-18(2,3)23-17(22)15(14-10-7-11-19-12-14)20-16(21)13-8-5-4-6-9-13/h4-6,8-9,14-15,19H,7,10-12H2,1-3H3. The van der Waals surface area contributed by atoms with Crippen molar-refractivity contribution in [2.45, 2.75) is 45.3 Å². The highest BCUT2D eigenvalue weighted by Crippen LogP contribution is 2.20. The van der Waals surface area contributed by atoms with Crippen molar-refractivity contribution in [3.05, 3.63) is 35.9 Å². The number of nitrogens with one attached hydrogen (secondary N) is 1. The van der Waals surface area contributed by atoms with Crippen molar-refractivity contribution in [1.82, 2.24) is 10.6 Å². The zero-order valence-corrected chi connectivity index (χ0v) is 14.0. The van der Waals surface area contributed by atoms with E-state index in [0.717, 1.165) is 19.4 Å². The molecule has 0 spiro atoms. The van der Waals surface area contributed by atoms with Gasteiger partial charge >= 0.3 is 5.97 Å². The van der Waals surface area contributed by atoms with Crippen LogP contribution >= 0.6 is 0 Å². The number of carbonyl (C=O) groups excluding carboxylic acids is 2. The molecule has 125 valence electrons. The van der Waals surface area contributed by atoms with Crippen LogP contribution in [0, 0.1) is 5.92 Å². The fraction of sp³-hybridized carbons (Fsp3) is 0.556. The first kappa shape index (κ1) is 17.5. The summed E-state index contributed by atoms with van der Waals surface area (Å²) in [5.41, 5.74) is -0.104. The lowest BCUT2D eigenvalue weighted by atomic mass is 9.91. The van der Waals surface area contributed by atoms with Crippen LogP contribution < -0.4 is 10.6 Å². The molecule has 2 atom stereocenters. The van der Waals surface area contributed by atoms with Gasteiger partial charge in [-0.3, -0.25) is 4.79 Å². The highest BCUT2D eigenvalue weighted by atomic mass is 16.6. The molecule has 1 aromatic carbocycles. The molecule has 2 rings (SSSR count). The Bertz CT molecular complexity index is 531. The van der Waals surface area contributed by atoms with Crippen LogP contribution in [-0.4, -0.2) is 36.6 Å². The van der Waals surface area contributed by atoms with Gasteiger partial charge < -0.3 is 10.1 Å². The van der Waals surface area contributed by atoms with E-state index in [9.17, 15) is 9.59 Å². The van der Waals surface area contributed by atoms with Gasteiger partial charge in [-0.15, -0.1) is 0 Å². The van der Waals surface area contributed by atoms with Gasteiger partial charge in [-0.25, -0.2) is 10.1 Å². The molecule has 1 aliphatic rings. The van der Waals surface area contributed by atoms with E-state index < -0.39 is 17.6 Å². The molecule has 5 nitrogen and oxygen atoms in total. The van der Waals surface area contributed by atoms with E-state index in [-0.39, 0.29) is 11.8 Å². The molecule has 1 heterocycles. The number of nitrogens with zero attached hydrogens (tertiary/aromatic N) is 1. The first-order valence-corrected chi connectivity index (χ1v) is 8.10. The van der Waals surface area contributed by atoms with Gasteiger partial charge in [0.25, 0.3) is 5.91 Å². The molecule has 0 bridgehead atoms. The maximum atomic E-state index is 12.5.